The summed E-state index contributed by atoms with van der Waals surface area (Å²) in [7, 11) is 1.65. The fourth-order valence-corrected chi connectivity index (χ4v) is 2.42. The number of carbonyl (C=O) groups excluding carboxylic acids is 1. The van der Waals surface area contributed by atoms with Crippen molar-refractivity contribution < 1.29 is 9.53 Å². The van der Waals surface area contributed by atoms with Crippen molar-refractivity contribution in [2.45, 2.75) is 6.54 Å². The first-order valence-corrected chi connectivity index (χ1v) is 6.48. The Hall–Kier alpha value is -2.55. The lowest BCUT2D eigenvalue weighted by molar-refractivity contribution is 0.111. The van der Waals surface area contributed by atoms with Crippen LogP contribution >= 0.6 is 0 Å². The van der Waals surface area contributed by atoms with Crippen molar-refractivity contribution in [1.29, 1.82) is 0 Å². The highest BCUT2D eigenvalue weighted by molar-refractivity contribution is 5.89. The van der Waals surface area contributed by atoms with Crippen molar-refractivity contribution in [2.24, 2.45) is 0 Å². The van der Waals surface area contributed by atoms with Gasteiger partial charge in [0.2, 0.25) is 0 Å². The van der Waals surface area contributed by atoms with E-state index < -0.39 is 0 Å². The molecule has 0 aliphatic carbocycles. The Morgan fingerprint density at radius 3 is 2.55 bits per heavy atom. The number of hydrogen-bond acceptors (Lipinski definition) is 2. The highest BCUT2D eigenvalue weighted by Crippen LogP contribution is 2.21. The number of benzene rings is 2. The summed E-state index contributed by atoms with van der Waals surface area (Å²) in [5.74, 6) is 0.835. The summed E-state index contributed by atoms with van der Waals surface area (Å²) in [6.45, 7) is 0.672. The van der Waals surface area contributed by atoms with Gasteiger partial charge in [0.25, 0.3) is 0 Å². The van der Waals surface area contributed by atoms with Crippen molar-refractivity contribution in [3.63, 3.8) is 0 Å². The number of nitrogens with zero attached hydrogens (tertiary/aromatic N) is 1. The van der Waals surface area contributed by atoms with Crippen molar-refractivity contribution >= 4 is 17.2 Å². The van der Waals surface area contributed by atoms with Crippen LogP contribution in [0.15, 0.2) is 54.6 Å². The topological polar surface area (TPSA) is 31.2 Å². The summed E-state index contributed by atoms with van der Waals surface area (Å²) in [5, 5.41) is 1.09. The zero-order valence-electron chi connectivity index (χ0n) is 11.2. The summed E-state index contributed by atoms with van der Waals surface area (Å²) >= 11 is 0. The average Bonchev–Trinajstić information content (AvgIpc) is 2.86. The highest BCUT2D eigenvalue weighted by Gasteiger charge is 2.08. The summed E-state index contributed by atoms with van der Waals surface area (Å²) < 4.78 is 7.19. The molecule has 3 heteroatoms. The first kappa shape index (κ1) is 12.5. The zero-order chi connectivity index (χ0) is 13.9. The number of rotatable bonds is 4. The molecule has 0 bridgehead atoms. The average molecular weight is 265 g/mol. The predicted molar refractivity (Wildman–Crippen MR) is 79.4 cm³/mol. The third kappa shape index (κ3) is 2.18. The van der Waals surface area contributed by atoms with Crippen LogP contribution in [0.25, 0.3) is 10.9 Å². The van der Waals surface area contributed by atoms with Crippen molar-refractivity contribution in [2.75, 3.05) is 7.11 Å². The van der Waals surface area contributed by atoms with E-state index in [-0.39, 0.29) is 0 Å². The van der Waals surface area contributed by atoms with Crippen molar-refractivity contribution in [1.82, 2.24) is 4.57 Å². The van der Waals surface area contributed by atoms with Gasteiger partial charge in [-0.3, -0.25) is 4.79 Å². The smallest absolute Gasteiger partial charge is 0.166 e. The summed E-state index contributed by atoms with van der Waals surface area (Å²) in [5.41, 5.74) is 2.91. The van der Waals surface area contributed by atoms with Crippen LogP contribution in [0.3, 0.4) is 0 Å². The second kappa shape index (κ2) is 5.21. The van der Waals surface area contributed by atoms with Gasteiger partial charge in [-0.05, 0) is 29.8 Å². The molecule has 2 aromatic carbocycles. The summed E-state index contributed by atoms with van der Waals surface area (Å²) in [6.07, 6.45) is 0.906. The van der Waals surface area contributed by atoms with Crippen LogP contribution in [0.5, 0.6) is 5.75 Å². The lowest BCUT2D eigenvalue weighted by Gasteiger charge is -2.08. The molecule has 0 unspecified atom stereocenters. The van der Waals surface area contributed by atoms with Gasteiger partial charge in [0, 0.05) is 17.4 Å². The molecule has 3 rings (SSSR count). The Kier molecular flexibility index (Phi) is 3.25. The van der Waals surface area contributed by atoms with E-state index in [1.54, 1.807) is 7.11 Å². The zero-order valence-corrected chi connectivity index (χ0v) is 11.2. The second-order valence-corrected chi connectivity index (χ2v) is 4.68. The molecule has 3 aromatic rings. The van der Waals surface area contributed by atoms with Crippen LogP contribution in [-0.4, -0.2) is 18.0 Å². The number of aldehydes is 1. The third-order valence-corrected chi connectivity index (χ3v) is 3.46. The Bertz CT molecular complexity index is 741. The van der Waals surface area contributed by atoms with Gasteiger partial charge in [-0.25, -0.2) is 0 Å². The van der Waals surface area contributed by atoms with Crippen LogP contribution in [0.2, 0.25) is 0 Å². The molecule has 0 saturated heterocycles. The maximum atomic E-state index is 11.2. The maximum Gasteiger partial charge on any atom is 0.166 e. The highest BCUT2D eigenvalue weighted by atomic mass is 16.5. The Morgan fingerprint density at radius 1 is 1.10 bits per heavy atom. The van der Waals surface area contributed by atoms with E-state index in [0.29, 0.717) is 12.2 Å². The van der Waals surface area contributed by atoms with E-state index in [9.17, 15) is 4.79 Å². The monoisotopic (exact) mass is 265 g/mol. The van der Waals surface area contributed by atoms with E-state index in [1.807, 2.05) is 59.2 Å². The van der Waals surface area contributed by atoms with Gasteiger partial charge < -0.3 is 9.30 Å². The molecule has 100 valence electrons. The number of aromatic nitrogens is 1. The van der Waals surface area contributed by atoms with E-state index in [2.05, 4.69) is 0 Å². The molecule has 0 aliphatic rings. The molecule has 0 atom stereocenters. The Balaban J connectivity index is 2.02. The first-order chi connectivity index (χ1) is 9.81. The number of carbonyl (C=O) groups is 1. The van der Waals surface area contributed by atoms with Gasteiger partial charge in [-0.2, -0.15) is 0 Å². The molecule has 0 radical (unpaired) electrons. The van der Waals surface area contributed by atoms with Crippen molar-refractivity contribution in [3.05, 3.63) is 65.9 Å². The number of para-hydroxylation sites is 1. The van der Waals surface area contributed by atoms with Gasteiger partial charge in [-0.15, -0.1) is 0 Å². The minimum absolute atomic E-state index is 0.672. The van der Waals surface area contributed by atoms with Gasteiger partial charge in [-0.1, -0.05) is 30.3 Å². The molecule has 0 saturated carbocycles. The maximum absolute atomic E-state index is 11.2. The van der Waals surface area contributed by atoms with E-state index in [0.717, 1.165) is 28.5 Å². The standard InChI is InChI=1S/C17H15NO2/c1-20-16-8-6-13(7-9-16)11-18-15(12-19)10-14-4-2-3-5-17(14)18/h2-10,12H,11H2,1H3. The normalized spacial score (nSPS) is 10.7. The molecule has 0 aliphatic heterocycles. The molecule has 0 N–H and O–H groups in total. The lowest BCUT2D eigenvalue weighted by Crippen LogP contribution is -2.03. The molecule has 0 spiro atoms. The van der Waals surface area contributed by atoms with Gasteiger partial charge in [0.1, 0.15) is 5.75 Å². The quantitative estimate of drug-likeness (QED) is 0.676. The molecule has 20 heavy (non-hydrogen) atoms. The molecule has 0 amide bonds. The van der Waals surface area contributed by atoms with Gasteiger partial charge in [0.15, 0.2) is 6.29 Å². The van der Waals surface area contributed by atoms with Crippen LogP contribution < -0.4 is 4.74 Å². The van der Waals surface area contributed by atoms with Gasteiger partial charge in [0.05, 0.1) is 12.8 Å². The number of fused-ring (bicyclic) bond motifs is 1. The van der Waals surface area contributed by atoms with E-state index >= 15 is 0 Å². The summed E-state index contributed by atoms with van der Waals surface area (Å²) in [6, 6.07) is 17.8. The van der Waals surface area contributed by atoms with E-state index in [4.69, 9.17) is 4.74 Å². The van der Waals surface area contributed by atoms with Crippen LogP contribution in [-0.2, 0) is 6.54 Å². The fourth-order valence-electron chi connectivity index (χ4n) is 2.42. The number of methoxy groups -OCH3 is 1. The van der Waals surface area contributed by atoms with Gasteiger partial charge >= 0.3 is 0 Å². The SMILES string of the molecule is COc1ccc(Cn2c(C=O)cc3ccccc32)cc1. The van der Waals surface area contributed by atoms with Crippen LogP contribution in [0.1, 0.15) is 16.1 Å². The van der Waals surface area contributed by atoms with Crippen molar-refractivity contribution in [3.8, 4) is 5.75 Å². The Morgan fingerprint density at radius 2 is 1.85 bits per heavy atom. The van der Waals surface area contributed by atoms with Crippen LogP contribution in [0.4, 0.5) is 0 Å². The first-order valence-electron chi connectivity index (χ1n) is 6.48. The largest absolute Gasteiger partial charge is 0.497 e. The minimum atomic E-state index is 0.672. The van der Waals surface area contributed by atoms with Crippen LogP contribution in [0, 0.1) is 0 Å². The molecular weight excluding hydrogens is 250 g/mol. The molecule has 3 nitrogen and oxygen atoms in total. The molecule has 1 heterocycles. The lowest BCUT2D eigenvalue weighted by atomic mass is 10.2. The fraction of sp³-hybridized carbons (Fsp3) is 0.118. The minimum Gasteiger partial charge on any atom is -0.497 e. The van der Waals surface area contributed by atoms with E-state index in [1.165, 1.54) is 0 Å². The second-order valence-electron chi connectivity index (χ2n) is 4.68. The number of ether oxygens (including phenoxy) is 1. The summed E-state index contributed by atoms with van der Waals surface area (Å²) in [4.78, 5) is 11.2. The predicted octanol–water partition coefficient (Wildman–Crippen LogP) is 3.51. The Labute approximate surface area is 117 Å². The molecular formula is C17H15NO2. The molecule has 0 fully saturated rings. The third-order valence-electron chi connectivity index (χ3n) is 3.46. The molecule has 1 aromatic heterocycles. The number of hydrogen-bond donors (Lipinski definition) is 0.